The van der Waals surface area contributed by atoms with Crippen molar-refractivity contribution in [3.63, 3.8) is 0 Å². The van der Waals surface area contributed by atoms with Crippen molar-refractivity contribution >= 4 is 11.9 Å². The molecule has 0 radical (unpaired) electrons. The number of fused-ring (bicyclic) bond motifs is 2. The highest BCUT2D eigenvalue weighted by atomic mass is 16.5. The number of aliphatic carboxylic acids is 1. The number of carboxylic acid groups (broad SMARTS) is 1. The number of carboxylic acids is 1. The van der Waals surface area contributed by atoms with Gasteiger partial charge >= 0.3 is 5.97 Å². The third-order valence-corrected chi connectivity index (χ3v) is 4.04. The van der Waals surface area contributed by atoms with Crippen molar-refractivity contribution < 1.29 is 19.4 Å². The first-order valence-corrected chi connectivity index (χ1v) is 7.27. The topological polar surface area (TPSA) is 75.6 Å². The van der Waals surface area contributed by atoms with Crippen LogP contribution < -0.4 is 5.32 Å². The number of nitrogens with one attached hydrogen (secondary N) is 1. The predicted octanol–water partition coefficient (Wildman–Crippen LogP) is 1.30. The molecule has 0 aromatic rings. The summed E-state index contributed by atoms with van der Waals surface area (Å²) in [6.07, 6.45) is 4.72. The molecule has 0 aromatic heterocycles. The van der Waals surface area contributed by atoms with Gasteiger partial charge in [0.2, 0.25) is 5.91 Å². The van der Waals surface area contributed by atoms with Crippen molar-refractivity contribution in [1.82, 2.24) is 5.32 Å². The van der Waals surface area contributed by atoms with E-state index in [1.165, 1.54) is 0 Å². The zero-order valence-electron chi connectivity index (χ0n) is 12.0. The van der Waals surface area contributed by atoms with Crippen LogP contribution in [0.25, 0.3) is 0 Å². The molecule has 2 N–H and O–H groups in total. The second-order valence-corrected chi connectivity index (χ2v) is 6.10. The van der Waals surface area contributed by atoms with Crippen LogP contribution in [-0.2, 0) is 14.3 Å². The van der Waals surface area contributed by atoms with E-state index in [2.05, 4.69) is 19.2 Å². The van der Waals surface area contributed by atoms with E-state index < -0.39 is 17.8 Å². The highest BCUT2D eigenvalue weighted by Crippen LogP contribution is 2.48. The molecule has 4 atom stereocenters. The van der Waals surface area contributed by atoms with E-state index in [9.17, 15) is 14.7 Å². The molecule has 5 heteroatoms. The van der Waals surface area contributed by atoms with Crippen LogP contribution >= 0.6 is 0 Å². The highest BCUT2D eigenvalue weighted by molar-refractivity contribution is 5.86. The molecule has 4 unspecified atom stereocenters. The van der Waals surface area contributed by atoms with Gasteiger partial charge in [0.1, 0.15) is 0 Å². The minimum absolute atomic E-state index is 0.0189. The lowest BCUT2D eigenvalue weighted by molar-refractivity contribution is -0.147. The summed E-state index contributed by atoms with van der Waals surface area (Å²) in [6.45, 7) is 5.72. The van der Waals surface area contributed by atoms with Gasteiger partial charge in [-0.05, 0) is 24.2 Å². The van der Waals surface area contributed by atoms with Crippen molar-refractivity contribution in [2.75, 3.05) is 19.8 Å². The Kier molecular flexibility index (Phi) is 4.81. The smallest absolute Gasteiger partial charge is 0.307 e. The number of ether oxygens (including phenoxy) is 1. The lowest BCUT2D eigenvalue weighted by Crippen LogP contribution is -2.41. The van der Waals surface area contributed by atoms with E-state index in [-0.39, 0.29) is 17.7 Å². The summed E-state index contributed by atoms with van der Waals surface area (Å²) in [5.74, 6) is -1.43. The molecule has 2 aliphatic rings. The fourth-order valence-corrected chi connectivity index (χ4v) is 3.20. The molecule has 1 amide bonds. The molecule has 2 bridgehead atoms. The SMILES string of the molecule is CC(C)COCCNC(=O)C1C2C=CC(C2)C1C(=O)O. The maximum absolute atomic E-state index is 12.2. The van der Waals surface area contributed by atoms with Gasteiger partial charge in [0.05, 0.1) is 18.4 Å². The van der Waals surface area contributed by atoms with Crippen LogP contribution in [0, 0.1) is 29.6 Å². The lowest BCUT2D eigenvalue weighted by Gasteiger charge is -2.23. The first-order valence-electron chi connectivity index (χ1n) is 7.27. The predicted molar refractivity (Wildman–Crippen MR) is 74.0 cm³/mol. The minimum Gasteiger partial charge on any atom is -0.481 e. The van der Waals surface area contributed by atoms with Gasteiger partial charge in [-0.2, -0.15) is 0 Å². The van der Waals surface area contributed by atoms with E-state index in [1.807, 2.05) is 12.2 Å². The third-order valence-electron chi connectivity index (χ3n) is 4.04. The van der Waals surface area contributed by atoms with E-state index in [4.69, 9.17) is 4.74 Å². The Balaban J connectivity index is 1.80. The minimum atomic E-state index is -0.863. The largest absolute Gasteiger partial charge is 0.481 e. The van der Waals surface area contributed by atoms with Crippen LogP contribution in [-0.4, -0.2) is 36.7 Å². The maximum Gasteiger partial charge on any atom is 0.307 e. The Hall–Kier alpha value is -1.36. The third kappa shape index (κ3) is 3.20. The quantitative estimate of drug-likeness (QED) is 0.545. The fourth-order valence-electron chi connectivity index (χ4n) is 3.20. The number of amides is 1. The number of carbonyl (C=O) groups excluding carboxylic acids is 1. The average molecular weight is 281 g/mol. The molecule has 5 nitrogen and oxygen atoms in total. The van der Waals surface area contributed by atoms with E-state index in [1.54, 1.807) is 0 Å². The van der Waals surface area contributed by atoms with Gasteiger partial charge < -0.3 is 15.2 Å². The van der Waals surface area contributed by atoms with Crippen LogP contribution in [0.3, 0.4) is 0 Å². The van der Waals surface area contributed by atoms with Crippen molar-refractivity contribution in [3.8, 4) is 0 Å². The van der Waals surface area contributed by atoms with Gasteiger partial charge in [-0.25, -0.2) is 0 Å². The van der Waals surface area contributed by atoms with Gasteiger partial charge in [0.15, 0.2) is 0 Å². The Morgan fingerprint density at radius 1 is 1.30 bits per heavy atom. The van der Waals surface area contributed by atoms with Gasteiger partial charge in [-0.15, -0.1) is 0 Å². The monoisotopic (exact) mass is 281 g/mol. The zero-order valence-corrected chi connectivity index (χ0v) is 12.0. The molecule has 0 aromatic carbocycles. The Bertz CT molecular complexity index is 405. The summed E-state index contributed by atoms with van der Waals surface area (Å²) < 4.78 is 5.40. The summed E-state index contributed by atoms with van der Waals surface area (Å²) in [6, 6.07) is 0. The van der Waals surface area contributed by atoms with Crippen molar-refractivity contribution in [2.45, 2.75) is 20.3 Å². The Morgan fingerprint density at radius 3 is 2.55 bits per heavy atom. The van der Waals surface area contributed by atoms with Gasteiger partial charge in [-0.3, -0.25) is 9.59 Å². The first kappa shape index (κ1) is 15.0. The van der Waals surface area contributed by atoms with Crippen LogP contribution in [0.5, 0.6) is 0 Å². The summed E-state index contributed by atoms with van der Waals surface area (Å²) in [5.41, 5.74) is 0. The molecule has 2 rings (SSSR count). The molecule has 0 heterocycles. The number of hydrogen-bond donors (Lipinski definition) is 2. The van der Waals surface area contributed by atoms with Gasteiger partial charge in [0.25, 0.3) is 0 Å². The van der Waals surface area contributed by atoms with Crippen LogP contribution in [0.4, 0.5) is 0 Å². The second kappa shape index (κ2) is 6.39. The molecule has 0 spiro atoms. The Labute approximate surface area is 119 Å². The average Bonchev–Trinajstić information content (AvgIpc) is 2.97. The fraction of sp³-hybridized carbons (Fsp3) is 0.733. The highest BCUT2D eigenvalue weighted by Gasteiger charge is 2.51. The van der Waals surface area contributed by atoms with E-state index >= 15 is 0 Å². The summed E-state index contributed by atoms with van der Waals surface area (Å²) in [4.78, 5) is 23.5. The van der Waals surface area contributed by atoms with Crippen LogP contribution in [0.1, 0.15) is 20.3 Å². The number of hydrogen-bond acceptors (Lipinski definition) is 3. The summed E-state index contributed by atoms with van der Waals surface area (Å²) in [5, 5.41) is 12.1. The standard InChI is InChI=1S/C15H23NO4/c1-9(2)8-20-6-5-16-14(17)12-10-3-4-11(7-10)13(12)15(18)19/h3-4,9-13H,5-8H2,1-2H3,(H,16,17)(H,18,19). The van der Waals surface area contributed by atoms with Crippen molar-refractivity contribution in [3.05, 3.63) is 12.2 Å². The maximum atomic E-state index is 12.2. The summed E-state index contributed by atoms with van der Waals surface area (Å²) >= 11 is 0. The van der Waals surface area contributed by atoms with Crippen molar-refractivity contribution in [1.29, 1.82) is 0 Å². The number of allylic oxidation sites excluding steroid dienone is 2. The van der Waals surface area contributed by atoms with Crippen molar-refractivity contribution in [2.24, 2.45) is 29.6 Å². The number of rotatable bonds is 7. The first-order chi connectivity index (χ1) is 9.50. The molecular formula is C15H23NO4. The molecule has 0 aliphatic heterocycles. The molecule has 1 saturated carbocycles. The van der Waals surface area contributed by atoms with Gasteiger partial charge in [-0.1, -0.05) is 26.0 Å². The molecule has 20 heavy (non-hydrogen) atoms. The molecular weight excluding hydrogens is 258 g/mol. The summed E-state index contributed by atoms with van der Waals surface area (Å²) in [7, 11) is 0. The second-order valence-electron chi connectivity index (χ2n) is 6.10. The molecule has 112 valence electrons. The van der Waals surface area contributed by atoms with Gasteiger partial charge in [0, 0.05) is 13.2 Å². The molecule has 0 saturated heterocycles. The molecule has 2 aliphatic carbocycles. The number of carbonyl (C=O) groups is 2. The molecule has 1 fully saturated rings. The van der Waals surface area contributed by atoms with Crippen LogP contribution in [0.2, 0.25) is 0 Å². The normalized spacial score (nSPS) is 30.9. The van der Waals surface area contributed by atoms with E-state index in [0.717, 1.165) is 6.42 Å². The van der Waals surface area contributed by atoms with Crippen LogP contribution in [0.15, 0.2) is 12.2 Å². The van der Waals surface area contributed by atoms with E-state index in [0.29, 0.717) is 25.7 Å². The Morgan fingerprint density at radius 2 is 1.95 bits per heavy atom. The lowest BCUT2D eigenvalue weighted by atomic mass is 9.82. The zero-order chi connectivity index (χ0) is 14.7.